The van der Waals surface area contributed by atoms with E-state index in [-0.39, 0.29) is 6.03 Å². The Morgan fingerprint density at radius 3 is 2.41 bits per heavy atom. The first-order valence-corrected chi connectivity index (χ1v) is 8.71. The predicted octanol–water partition coefficient (Wildman–Crippen LogP) is 2.17. The van der Waals surface area contributed by atoms with Gasteiger partial charge in [0, 0.05) is 5.69 Å². The summed E-state index contributed by atoms with van der Waals surface area (Å²) in [5.74, 6) is 0. The first-order valence-electron chi connectivity index (χ1n) is 8.71. The zero-order valence-electron chi connectivity index (χ0n) is 14.0. The van der Waals surface area contributed by atoms with Gasteiger partial charge in [-0.25, -0.2) is 4.79 Å². The molecule has 0 bridgehead atoms. The van der Waals surface area contributed by atoms with E-state index in [2.05, 4.69) is 31.3 Å². The van der Waals surface area contributed by atoms with E-state index in [1.165, 1.54) is 31.4 Å². The standard InChI is InChI=1S/C18H29N3O/c1-3-5-6-16-7-9-17(10-8-16)19-18(22)21-14-12-20(11-4-2)13-15-21/h7-10H,3-6,11-15H2,1-2H3,(H,19,22)/p+1. The molecular weight excluding hydrogens is 274 g/mol. The van der Waals surface area contributed by atoms with Crippen molar-refractivity contribution in [2.45, 2.75) is 39.5 Å². The normalized spacial score (nSPS) is 15.8. The van der Waals surface area contributed by atoms with E-state index in [1.54, 1.807) is 4.90 Å². The van der Waals surface area contributed by atoms with Crippen LogP contribution in [0, 0.1) is 0 Å². The highest BCUT2D eigenvalue weighted by molar-refractivity contribution is 5.89. The molecule has 4 heteroatoms. The number of amides is 2. The molecule has 0 spiro atoms. The zero-order chi connectivity index (χ0) is 15.8. The molecule has 4 nitrogen and oxygen atoms in total. The van der Waals surface area contributed by atoms with Crippen LogP contribution in [0.5, 0.6) is 0 Å². The minimum absolute atomic E-state index is 0.0388. The third-order valence-corrected chi connectivity index (χ3v) is 4.39. The molecule has 1 aromatic carbocycles. The molecule has 1 heterocycles. The Kier molecular flexibility index (Phi) is 6.72. The molecule has 0 saturated carbocycles. The van der Waals surface area contributed by atoms with Crippen molar-refractivity contribution in [3.05, 3.63) is 29.8 Å². The van der Waals surface area contributed by atoms with Crippen LogP contribution in [0.3, 0.4) is 0 Å². The number of rotatable bonds is 6. The van der Waals surface area contributed by atoms with Crippen LogP contribution in [0.15, 0.2) is 24.3 Å². The van der Waals surface area contributed by atoms with Crippen molar-refractivity contribution in [1.29, 1.82) is 0 Å². The lowest BCUT2D eigenvalue weighted by Crippen LogP contribution is -3.14. The van der Waals surface area contributed by atoms with Gasteiger partial charge in [0.25, 0.3) is 0 Å². The van der Waals surface area contributed by atoms with Gasteiger partial charge in [-0.15, -0.1) is 0 Å². The summed E-state index contributed by atoms with van der Waals surface area (Å²) in [6.45, 7) is 9.49. The zero-order valence-corrected chi connectivity index (χ0v) is 14.0. The van der Waals surface area contributed by atoms with Crippen LogP contribution in [-0.2, 0) is 6.42 Å². The molecule has 1 aliphatic rings. The number of carbonyl (C=O) groups is 1. The lowest BCUT2D eigenvalue weighted by Gasteiger charge is -2.32. The van der Waals surface area contributed by atoms with Crippen molar-refractivity contribution in [3.8, 4) is 0 Å². The average Bonchev–Trinajstić information content (AvgIpc) is 2.55. The van der Waals surface area contributed by atoms with Crippen molar-refractivity contribution in [1.82, 2.24) is 4.90 Å². The third kappa shape index (κ3) is 5.02. The molecule has 1 saturated heterocycles. The van der Waals surface area contributed by atoms with Gasteiger partial charge in [-0.3, -0.25) is 0 Å². The lowest BCUT2D eigenvalue weighted by atomic mass is 10.1. The van der Waals surface area contributed by atoms with Gasteiger partial charge in [0.1, 0.15) is 0 Å². The van der Waals surface area contributed by atoms with Crippen LogP contribution in [-0.4, -0.2) is 43.7 Å². The van der Waals surface area contributed by atoms with Crippen LogP contribution in [0.4, 0.5) is 10.5 Å². The summed E-state index contributed by atoms with van der Waals surface area (Å²) in [6.07, 6.45) is 4.76. The smallest absolute Gasteiger partial charge is 0.322 e. The molecule has 0 aliphatic carbocycles. The third-order valence-electron chi connectivity index (χ3n) is 4.39. The number of quaternary nitrogens is 1. The van der Waals surface area contributed by atoms with Crippen LogP contribution in [0.1, 0.15) is 38.7 Å². The van der Waals surface area contributed by atoms with E-state index in [1.807, 2.05) is 17.0 Å². The SMILES string of the molecule is CCCCc1ccc(NC(=O)N2CC[NH+](CCC)CC2)cc1. The molecule has 0 atom stereocenters. The van der Waals surface area contributed by atoms with E-state index < -0.39 is 0 Å². The number of anilines is 1. The number of unbranched alkanes of at least 4 members (excludes halogenated alkanes) is 1. The van der Waals surface area contributed by atoms with Crippen LogP contribution >= 0.6 is 0 Å². The maximum atomic E-state index is 12.3. The van der Waals surface area contributed by atoms with Crippen LogP contribution in [0.2, 0.25) is 0 Å². The molecule has 0 unspecified atom stereocenters. The van der Waals surface area contributed by atoms with E-state index in [9.17, 15) is 4.79 Å². The Morgan fingerprint density at radius 1 is 1.14 bits per heavy atom. The molecule has 0 aromatic heterocycles. The number of benzene rings is 1. The summed E-state index contributed by atoms with van der Waals surface area (Å²) in [5.41, 5.74) is 2.24. The van der Waals surface area contributed by atoms with Crippen molar-refractivity contribution in [2.75, 3.05) is 38.0 Å². The summed E-state index contributed by atoms with van der Waals surface area (Å²) in [4.78, 5) is 15.8. The number of nitrogens with zero attached hydrogens (tertiary/aromatic N) is 1. The van der Waals surface area contributed by atoms with Crippen LogP contribution in [0.25, 0.3) is 0 Å². The molecule has 0 radical (unpaired) electrons. The predicted molar refractivity (Wildman–Crippen MR) is 91.5 cm³/mol. The van der Waals surface area contributed by atoms with Gasteiger partial charge < -0.3 is 15.1 Å². The summed E-state index contributed by atoms with van der Waals surface area (Å²) < 4.78 is 0. The quantitative estimate of drug-likeness (QED) is 0.830. The van der Waals surface area contributed by atoms with Gasteiger partial charge in [0.2, 0.25) is 0 Å². The second kappa shape index (κ2) is 8.79. The second-order valence-corrected chi connectivity index (χ2v) is 6.22. The van der Waals surface area contributed by atoms with Gasteiger partial charge in [-0.2, -0.15) is 0 Å². The molecule has 22 heavy (non-hydrogen) atoms. The Bertz CT molecular complexity index is 450. The Hall–Kier alpha value is -1.55. The highest BCUT2D eigenvalue weighted by Crippen LogP contribution is 2.12. The van der Waals surface area contributed by atoms with E-state index in [0.29, 0.717) is 0 Å². The molecule has 1 aromatic rings. The van der Waals surface area contributed by atoms with E-state index in [4.69, 9.17) is 0 Å². The number of aryl methyl sites for hydroxylation is 1. The van der Waals surface area contributed by atoms with Crippen molar-refractivity contribution < 1.29 is 9.69 Å². The molecule has 122 valence electrons. The van der Waals surface area contributed by atoms with Crippen molar-refractivity contribution in [2.24, 2.45) is 0 Å². The van der Waals surface area contributed by atoms with Gasteiger partial charge in [0.15, 0.2) is 0 Å². The Balaban J connectivity index is 1.79. The molecule has 2 N–H and O–H groups in total. The average molecular weight is 304 g/mol. The number of hydrogen-bond acceptors (Lipinski definition) is 1. The summed E-state index contributed by atoms with van der Waals surface area (Å²) in [5, 5.41) is 3.02. The first-order chi connectivity index (χ1) is 10.7. The number of nitrogens with one attached hydrogen (secondary N) is 2. The lowest BCUT2D eigenvalue weighted by molar-refractivity contribution is -0.904. The Morgan fingerprint density at radius 2 is 1.82 bits per heavy atom. The van der Waals surface area contributed by atoms with E-state index in [0.717, 1.165) is 38.3 Å². The maximum absolute atomic E-state index is 12.3. The van der Waals surface area contributed by atoms with Crippen molar-refractivity contribution >= 4 is 11.7 Å². The summed E-state index contributed by atoms with van der Waals surface area (Å²) in [7, 11) is 0. The number of carbonyl (C=O) groups excluding carboxylic acids is 1. The van der Waals surface area contributed by atoms with Gasteiger partial charge in [-0.05, 0) is 37.0 Å². The fourth-order valence-electron chi connectivity index (χ4n) is 2.97. The molecule has 1 aliphatic heterocycles. The van der Waals surface area contributed by atoms with Crippen molar-refractivity contribution in [3.63, 3.8) is 0 Å². The molecular formula is C18H30N3O+. The number of urea groups is 1. The van der Waals surface area contributed by atoms with Crippen LogP contribution < -0.4 is 10.2 Å². The van der Waals surface area contributed by atoms with Gasteiger partial charge in [-0.1, -0.05) is 32.4 Å². The first kappa shape index (κ1) is 16.8. The molecule has 2 amide bonds. The van der Waals surface area contributed by atoms with Gasteiger partial charge in [0.05, 0.1) is 32.7 Å². The maximum Gasteiger partial charge on any atom is 0.322 e. The Labute approximate surface area is 134 Å². The minimum Gasteiger partial charge on any atom is -0.332 e. The summed E-state index contributed by atoms with van der Waals surface area (Å²) in [6, 6.07) is 8.31. The van der Waals surface area contributed by atoms with E-state index >= 15 is 0 Å². The fraction of sp³-hybridized carbons (Fsp3) is 0.611. The highest BCUT2D eigenvalue weighted by Gasteiger charge is 2.22. The number of piperazine rings is 1. The fourth-order valence-corrected chi connectivity index (χ4v) is 2.97. The largest absolute Gasteiger partial charge is 0.332 e. The van der Waals surface area contributed by atoms with Gasteiger partial charge >= 0.3 is 6.03 Å². The molecule has 1 fully saturated rings. The summed E-state index contributed by atoms with van der Waals surface area (Å²) >= 11 is 0. The minimum atomic E-state index is 0.0388. The highest BCUT2D eigenvalue weighted by atomic mass is 16.2. The number of hydrogen-bond donors (Lipinski definition) is 2. The topological polar surface area (TPSA) is 36.8 Å². The molecule has 2 rings (SSSR count). The monoisotopic (exact) mass is 304 g/mol. The second-order valence-electron chi connectivity index (χ2n) is 6.22.